The van der Waals surface area contributed by atoms with Crippen LogP contribution in [0.15, 0.2) is 42.6 Å². The minimum atomic E-state index is -4.81. The summed E-state index contributed by atoms with van der Waals surface area (Å²) in [5, 5.41) is -0.407. The van der Waals surface area contributed by atoms with Crippen molar-refractivity contribution in [2.45, 2.75) is 64.1 Å². The molecule has 4 nitrogen and oxygen atoms in total. The lowest BCUT2D eigenvalue weighted by Crippen LogP contribution is -2.35. The Kier molecular flexibility index (Phi) is 6.70. The SMILES string of the molecule is CC(C)(C)Cn1cc(C(NS(=O)(=O)C2CC2)C(F)F)c2ccc(-c3ccc(F)cc3C(F)(F)F)cc21. The molecule has 1 saturated carbocycles. The normalized spacial score (nSPS) is 16.2. The number of aromatic nitrogens is 1. The van der Waals surface area contributed by atoms with Crippen LogP contribution in [0.2, 0.25) is 0 Å². The van der Waals surface area contributed by atoms with Gasteiger partial charge in [0, 0.05) is 29.2 Å². The molecule has 0 bridgehead atoms. The predicted octanol–water partition coefficient (Wildman–Crippen LogP) is 6.90. The third-order valence-corrected chi connectivity index (χ3v) is 7.93. The van der Waals surface area contributed by atoms with Gasteiger partial charge in [-0.1, -0.05) is 39.0 Å². The van der Waals surface area contributed by atoms with Crippen molar-refractivity contribution in [3.05, 3.63) is 59.5 Å². The van der Waals surface area contributed by atoms with E-state index in [1.807, 2.05) is 20.8 Å². The molecule has 3 aromatic rings. The molecule has 0 spiro atoms. The number of alkyl halides is 5. The van der Waals surface area contributed by atoms with Crippen molar-refractivity contribution in [1.29, 1.82) is 0 Å². The van der Waals surface area contributed by atoms with Gasteiger partial charge in [0.15, 0.2) is 0 Å². The van der Waals surface area contributed by atoms with Crippen molar-refractivity contribution in [3.63, 3.8) is 0 Å². The molecular formula is C25H26F6N2O2S. The van der Waals surface area contributed by atoms with Crippen LogP contribution in [0.4, 0.5) is 26.3 Å². The summed E-state index contributed by atoms with van der Waals surface area (Å²) in [5.74, 6) is -1.03. The first-order valence-corrected chi connectivity index (χ1v) is 12.9. The molecule has 1 aliphatic carbocycles. The van der Waals surface area contributed by atoms with E-state index < -0.39 is 45.3 Å². The van der Waals surface area contributed by atoms with E-state index >= 15 is 0 Å². The number of hydrogen-bond donors (Lipinski definition) is 1. The highest BCUT2D eigenvalue weighted by Gasteiger charge is 2.40. The van der Waals surface area contributed by atoms with Gasteiger partial charge in [-0.2, -0.15) is 13.2 Å². The third-order valence-electron chi connectivity index (χ3n) is 6.00. The molecule has 0 aliphatic heterocycles. The van der Waals surface area contributed by atoms with Gasteiger partial charge < -0.3 is 4.57 Å². The highest BCUT2D eigenvalue weighted by atomic mass is 32.2. The van der Waals surface area contributed by atoms with Gasteiger partial charge in [-0.15, -0.1) is 0 Å². The van der Waals surface area contributed by atoms with Gasteiger partial charge in [0.1, 0.15) is 11.9 Å². The largest absolute Gasteiger partial charge is 0.417 e. The van der Waals surface area contributed by atoms with E-state index in [2.05, 4.69) is 4.72 Å². The van der Waals surface area contributed by atoms with Crippen LogP contribution in [0.5, 0.6) is 0 Å². The Bertz CT molecular complexity index is 1390. The van der Waals surface area contributed by atoms with Crippen molar-refractivity contribution in [3.8, 4) is 11.1 Å². The van der Waals surface area contributed by atoms with Gasteiger partial charge in [0.2, 0.25) is 10.0 Å². The molecule has 1 fully saturated rings. The average Bonchev–Trinajstić information content (AvgIpc) is 3.55. The number of nitrogens with one attached hydrogen (secondary N) is 1. The third kappa shape index (κ3) is 5.56. The highest BCUT2D eigenvalue weighted by molar-refractivity contribution is 7.90. The summed E-state index contributed by atoms with van der Waals surface area (Å²) in [6.07, 6.45) is -5.63. The van der Waals surface area contributed by atoms with Gasteiger partial charge in [-0.3, -0.25) is 0 Å². The van der Waals surface area contributed by atoms with Gasteiger partial charge >= 0.3 is 6.18 Å². The molecule has 0 radical (unpaired) electrons. The van der Waals surface area contributed by atoms with Gasteiger partial charge in [0.25, 0.3) is 6.43 Å². The van der Waals surface area contributed by atoms with E-state index in [1.165, 1.54) is 24.4 Å². The van der Waals surface area contributed by atoms with E-state index in [0.717, 1.165) is 12.1 Å². The zero-order chi connectivity index (χ0) is 26.6. The van der Waals surface area contributed by atoms with Crippen LogP contribution in [0.25, 0.3) is 22.0 Å². The molecule has 196 valence electrons. The first-order chi connectivity index (χ1) is 16.6. The van der Waals surface area contributed by atoms with Crippen LogP contribution in [-0.4, -0.2) is 24.7 Å². The Morgan fingerprint density at radius 1 is 1.06 bits per heavy atom. The maximum Gasteiger partial charge on any atom is 0.417 e. The summed E-state index contributed by atoms with van der Waals surface area (Å²) in [6, 6.07) is 4.74. The quantitative estimate of drug-likeness (QED) is 0.337. The summed E-state index contributed by atoms with van der Waals surface area (Å²) in [7, 11) is -3.95. The summed E-state index contributed by atoms with van der Waals surface area (Å²) < 4.78 is 112. The summed E-state index contributed by atoms with van der Waals surface area (Å²) in [5.41, 5.74) is -1.21. The molecule has 1 N–H and O–H groups in total. The number of halogens is 6. The maximum atomic E-state index is 14.1. The monoisotopic (exact) mass is 532 g/mol. The number of rotatable bonds is 7. The molecular weight excluding hydrogens is 506 g/mol. The molecule has 11 heteroatoms. The number of fused-ring (bicyclic) bond motifs is 1. The van der Waals surface area contributed by atoms with Gasteiger partial charge in [-0.05, 0) is 47.6 Å². The fourth-order valence-electron chi connectivity index (χ4n) is 4.28. The van der Waals surface area contributed by atoms with Crippen LogP contribution < -0.4 is 4.72 Å². The zero-order valence-electron chi connectivity index (χ0n) is 19.8. The van der Waals surface area contributed by atoms with Crippen molar-refractivity contribution >= 4 is 20.9 Å². The second-order valence-corrected chi connectivity index (χ2v) is 12.4. The van der Waals surface area contributed by atoms with Crippen molar-refractivity contribution in [2.24, 2.45) is 5.41 Å². The Morgan fingerprint density at radius 2 is 1.72 bits per heavy atom. The van der Waals surface area contributed by atoms with Crippen LogP contribution in [-0.2, 0) is 22.7 Å². The Morgan fingerprint density at radius 3 is 2.28 bits per heavy atom. The van der Waals surface area contributed by atoms with Crippen LogP contribution >= 0.6 is 0 Å². The summed E-state index contributed by atoms with van der Waals surface area (Å²) in [6.45, 7) is 6.05. The molecule has 1 heterocycles. The molecule has 0 saturated heterocycles. The molecule has 1 atom stereocenters. The topological polar surface area (TPSA) is 51.1 Å². The molecule has 1 unspecified atom stereocenters. The number of hydrogen-bond acceptors (Lipinski definition) is 2. The molecule has 1 aliphatic rings. The fourth-order valence-corrected chi connectivity index (χ4v) is 5.82. The first-order valence-electron chi connectivity index (χ1n) is 11.4. The second-order valence-electron chi connectivity index (χ2n) is 10.4. The number of sulfonamides is 1. The van der Waals surface area contributed by atoms with Crippen molar-refractivity contribution in [2.75, 3.05) is 0 Å². The van der Waals surface area contributed by atoms with E-state index in [-0.39, 0.29) is 22.1 Å². The fraction of sp³-hybridized carbons (Fsp3) is 0.440. The number of nitrogens with zero attached hydrogens (tertiary/aromatic N) is 1. The minimum absolute atomic E-state index is 0.0372. The maximum absolute atomic E-state index is 14.1. The van der Waals surface area contributed by atoms with Crippen molar-refractivity contribution in [1.82, 2.24) is 9.29 Å². The zero-order valence-corrected chi connectivity index (χ0v) is 20.7. The van der Waals surface area contributed by atoms with E-state index in [9.17, 15) is 34.8 Å². The first kappa shape index (κ1) is 26.5. The smallest absolute Gasteiger partial charge is 0.347 e. The molecule has 2 aromatic carbocycles. The van der Waals surface area contributed by atoms with Gasteiger partial charge in [-0.25, -0.2) is 26.3 Å². The van der Waals surface area contributed by atoms with Crippen LogP contribution in [0.1, 0.15) is 50.8 Å². The summed E-state index contributed by atoms with van der Waals surface area (Å²) >= 11 is 0. The van der Waals surface area contributed by atoms with E-state index in [4.69, 9.17) is 0 Å². The lowest BCUT2D eigenvalue weighted by atomic mass is 9.96. The van der Waals surface area contributed by atoms with Crippen molar-refractivity contribution < 1.29 is 34.8 Å². The molecule has 36 heavy (non-hydrogen) atoms. The standard InChI is InChI=1S/C25H26F6N2O2S/c1-24(2,3)13-33-12-19(22(23(27)28)32-36(34,35)16-6-7-16)18-8-4-14(10-21(18)33)17-9-5-15(26)11-20(17)25(29,30)31/h4-5,8-12,16,22-23,32H,6-7,13H2,1-3H3. The molecule has 4 rings (SSSR count). The second kappa shape index (κ2) is 9.09. The minimum Gasteiger partial charge on any atom is -0.347 e. The lowest BCUT2D eigenvalue weighted by molar-refractivity contribution is -0.137. The van der Waals surface area contributed by atoms with Crippen LogP contribution in [0.3, 0.4) is 0 Å². The van der Waals surface area contributed by atoms with Gasteiger partial charge in [0.05, 0.1) is 10.8 Å². The lowest BCUT2D eigenvalue weighted by Gasteiger charge is -2.20. The molecule has 1 aromatic heterocycles. The van der Waals surface area contributed by atoms with E-state index in [0.29, 0.717) is 36.4 Å². The van der Waals surface area contributed by atoms with E-state index in [1.54, 1.807) is 4.57 Å². The Balaban J connectivity index is 1.89. The average molecular weight is 533 g/mol. The summed E-state index contributed by atoms with van der Waals surface area (Å²) in [4.78, 5) is 0. The predicted molar refractivity (Wildman–Crippen MR) is 126 cm³/mol. The Hall–Kier alpha value is -2.53. The van der Waals surface area contributed by atoms with Crippen LogP contribution in [0, 0.1) is 11.2 Å². The Labute approximate surface area is 205 Å². The highest BCUT2D eigenvalue weighted by Crippen LogP contribution is 2.40. The number of benzene rings is 2. The molecule has 0 amide bonds.